The van der Waals surface area contributed by atoms with E-state index in [1.165, 1.54) is 0 Å². The average molecular weight is 297 g/mol. The molecule has 1 unspecified atom stereocenters. The second-order valence-electron chi connectivity index (χ2n) is 4.12. The lowest BCUT2D eigenvalue weighted by atomic mass is 10.0. The Bertz CT molecular complexity index is 512. The predicted molar refractivity (Wildman–Crippen MR) is 80.7 cm³/mol. The molecule has 102 valence electrons. The molecule has 0 saturated heterocycles. The fourth-order valence-electron chi connectivity index (χ4n) is 1.89. The first-order chi connectivity index (χ1) is 9.24. The van der Waals surface area contributed by atoms with E-state index < -0.39 is 0 Å². The fourth-order valence-corrected chi connectivity index (χ4v) is 3.05. The van der Waals surface area contributed by atoms with Crippen LogP contribution in [0.2, 0.25) is 5.02 Å². The number of hydrogen-bond acceptors (Lipinski definition) is 4. The summed E-state index contributed by atoms with van der Waals surface area (Å²) < 4.78 is 5.43. The van der Waals surface area contributed by atoms with Gasteiger partial charge in [-0.3, -0.25) is 11.3 Å². The third kappa shape index (κ3) is 3.70. The van der Waals surface area contributed by atoms with Crippen molar-refractivity contribution >= 4 is 22.9 Å². The third-order valence-corrected chi connectivity index (χ3v) is 4.28. The van der Waals surface area contributed by atoms with E-state index in [-0.39, 0.29) is 6.04 Å². The highest BCUT2D eigenvalue weighted by atomic mass is 35.5. The molecule has 19 heavy (non-hydrogen) atoms. The van der Waals surface area contributed by atoms with Crippen molar-refractivity contribution in [2.24, 2.45) is 5.84 Å². The van der Waals surface area contributed by atoms with E-state index in [2.05, 4.69) is 5.43 Å². The minimum absolute atomic E-state index is 0.0480. The molecule has 0 fully saturated rings. The van der Waals surface area contributed by atoms with Gasteiger partial charge in [-0.2, -0.15) is 0 Å². The molecule has 0 saturated carbocycles. The zero-order valence-corrected chi connectivity index (χ0v) is 12.3. The number of thiophene rings is 1. The van der Waals surface area contributed by atoms with Crippen molar-refractivity contribution in [3.63, 3.8) is 0 Å². The van der Waals surface area contributed by atoms with E-state index in [0.717, 1.165) is 27.6 Å². The van der Waals surface area contributed by atoms with E-state index in [1.54, 1.807) is 11.3 Å². The SMILES string of the molecule is CCOc1ccc(C(Cc2sccc2Cl)NN)cc1. The molecule has 0 amide bonds. The van der Waals surface area contributed by atoms with Crippen LogP contribution in [0.4, 0.5) is 0 Å². The molecule has 2 aromatic rings. The van der Waals surface area contributed by atoms with E-state index >= 15 is 0 Å². The molecular weight excluding hydrogens is 280 g/mol. The van der Waals surface area contributed by atoms with Gasteiger partial charge in [-0.05, 0) is 36.1 Å². The number of ether oxygens (including phenoxy) is 1. The van der Waals surface area contributed by atoms with Crippen LogP contribution in [0.25, 0.3) is 0 Å². The number of hydrazine groups is 1. The molecule has 1 aromatic heterocycles. The topological polar surface area (TPSA) is 47.3 Å². The Labute approximate surface area is 122 Å². The van der Waals surface area contributed by atoms with Crippen molar-refractivity contribution in [1.82, 2.24) is 5.43 Å². The summed E-state index contributed by atoms with van der Waals surface area (Å²) in [6.07, 6.45) is 0.779. The first kappa shape index (κ1) is 14.3. The Morgan fingerprint density at radius 1 is 1.32 bits per heavy atom. The standard InChI is InChI=1S/C14H17ClN2OS/c1-2-18-11-5-3-10(4-6-11)13(17-16)9-14-12(15)7-8-19-14/h3-8,13,17H,2,9,16H2,1H3. The molecule has 0 spiro atoms. The molecule has 0 bridgehead atoms. The molecule has 0 radical (unpaired) electrons. The van der Waals surface area contributed by atoms with Gasteiger partial charge < -0.3 is 4.74 Å². The molecule has 3 N–H and O–H groups in total. The average Bonchev–Trinajstić information content (AvgIpc) is 2.83. The Balaban J connectivity index is 2.11. The lowest BCUT2D eigenvalue weighted by molar-refractivity contribution is 0.340. The van der Waals surface area contributed by atoms with Gasteiger partial charge in [-0.15, -0.1) is 11.3 Å². The lowest BCUT2D eigenvalue weighted by Gasteiger charge is -2.16. The molecule has 0 aliphatic heterocycles. The molecule has 1 heterocycles. The van der Waals surface area contributed by atoms with Gasteiger partial charge in [-0.25, -0.2) is 0 Å². The van der Waals surface area contributed by atoms with Gasteiger partial charge >= 0.3 is 0 Å². The lowest BCUT2D eigenvalue weighted by Crippen LogP contribution is -2.29. The number of hydrogen-bond donors (Lipinski definition) is 2. The minimum atomic E-state index is 0.0480. The summed E-state index contributed by atoms with van der Waals surface area (Å²) in [5, 5.41) is 2.79. The normalized spacial score (nSPS) is 12.4. The zero-order valence-electron chi connectivity index (χ0n) is 10.7. The van der Waals surface area contributed by atoms with Crippen LogP contribution in [0.5, 0.6) is 5.75 Å². The van der Waals surface area contributed by atoms with Crippen LogP contribution in [0.1, 0.15) is 23.4 Å². The number of rotatable bonds is 6. The molecule has 0 aliphatic rings. The Kier molecular flexibility index (Phi) is 5.22. The third-order valence-electron chi connectivity index (χ3n) is 2.88. The summed E-state index contributed by atoms with van der Waals surface area (Å²) in [7, 11) is 0. The van der Waals surface area contributed by atoms with Crippen LogP contribution < -0.4 is 16.0 Å². The van der Waals surface area contributed by atoms with Gasteiger partial charge in [0.05, 0.1) is 17.7 Å². The fraction of sp³-hybridized carbons (Fsp3) is 0.286. The summed E-state index contributed by atoms with van der Waals surface area (Å²) >= 11 is 7.76. The molecule has 5 heteroatoms. The first-order valence-electron chi connectivity index (χ1n) is 6.15. The van der Waals surface area contributed by atoms with E-state index in [9.17, 15) is 0 Å². The van der Waals surface area contributed by atoms with Crippen molar-refractivity contribution < 1.29 is 4.74 Å². The zero-order chi connectivity index (χ0) is 13.7. The number of nitrogens with two attached hydrogens (primary N) is 1. The van der Waals surface area contributed by atoms with Crippen LogP contribution in [-0.4, -0.2) is 6.61 Å². The van der Waals surface area contributed by atoms with Crippen molar-refractivity contribution in [1.29, 1.82) is 0 Å². The molecule has 1 aromatic carbocycles. The summed E-state index contributed by atoms with van der Waals surface area (Å²) in [6.45, 7) is 2.64. The summed E-state index contributed by atoms with van der Waals surface area (Å²) in [5.41, 5.74) is 3.96. The summed E-state index contributed by atoms with van der Waals surface area (Å²) in [4.78, 5) is 1.14. The number of nitrogens with one attached hydrogen (secondary N) is 1. The van der Waals surface area contributed by atoms with Crippen LogP contribution in [0.3, 0.4) is 0 Å². The quantitative estimate of drug-likeness (QED) is 0.633. The van der Waals surface area contributed by atoms with Gasteiger partial charge in [0, 0.05) is 11.3 Å². The highest BCUT2D eigenvalue weighted by Crippen LogP contribution is 2.28. The highest BCUT2D eigenvalue weighted by molar-refractivity contribution is 7.10. The second-order valence-corrected chi connectivity index (χ2v) is 5.53. The Morgan fingerprint density at radius 2 is 2.05 bits per heavy atom. The van der Waals surface area contributed by atoms with Crippen molar-refractivity contribution in [3.8, 4) is 5.75 Å². The summed E-state index contributed by atoms with van der Waals surface area (Å²) in [5.74, 6) is 6.52. The second kappa shape index (κ2) is 6.91. The highest BCUT2D eigenvalue weighted by Gasteiger charge is 2.13. The maximum Gasteiger partial charge on any atom is 0.119 e. The van der Waals surface area contributed by atoms with Crippen LogP contribution in [0.15, 0.2) is 35.7 Å². The Hall–Kier alpha value is -1.07. The van der Waals surface area contributed by atoms with Crippen LogP contribution in [0, 0.1) is 0 Å². The number of benzene rings is 1. The van der Waals surface area contributed by atoms with Gasteiger partial charge in [0.2, 0.25) is 0 Å². The maximum absolute atomic E-state index is 6.12. The van der Waals surface area contributed by atoms with E-state index in [0.29, 0.717) is 6.61 Å². The van der Waals surface area contributed by atoms with E-state index in [4.69, 9.17) is 22.2 Å². The molecule has 1 atom stereocenters. The van der Waals surface area contributed by atoms with Crippen LogP contribution in [-0.2, 0) is 6.42 Å². The van der Waals surface area contributed by atoms with Gasteiger partial charge in [0.1, 0.15) is 5.75 Å². The summed E-state index contributed by atoms with van der Waals surface area (Å²) in [6, 6.07) is 9.92. The Morgan fingerprint density at radius 3 is 2.58 bits per heavy atom. The van der Waals surface area contributed by atoms with Crippen molar-refractivity contribution in [2.45, 2.75) is 19.4 Å². The molecule has 3 nitrogen and oxygen atoms in total. The van der Waals surface area contributed by atoms with Gasteiger partial charge in [-0.1, -0.05) is 23.7 Å². The van der Waals surface area contributed by atoms with Gasteiger partial charge in [0.15, 0.2) is 0 Å². The number of halogens is 1. The molecule has 2 rings (SSSR count). The van der Waals surface area contributed by atoms with Crippen molar-refractivity contribution in [2.75, 3.05) is 6.61 Å². The first-order valence-corrected chi connectivity index (χ1v) is 7.41. The van der Waals surface area contributed by atoms with Crippen LogP contribution >= 0.6 is 22.9 Å². The smallest absolute Gasteiger partial charge is 0.119 e. The molecular formula is C14H17ClN2OS. The molecule has 0 aliphatic carbocycles. The maximum atomic E-state index is 6.12. The minimum Gasteiger partial charge on any atom is -0.494 e. The monoisotopic (exact) mass is 296 g/mol. The predicted octanol–water partition coefficient (Wildman–Crippen LogP) is 3.55. The van der Waals surface area contributed by atoms with Gasteiger partial charge in [0.25, 0.3) is 0 Å². The van der Waals surface area contributed by atoms with Crippen molar-refractivity contribution in [3.05, 3.63) is 51.2 Å². The largest absolute Gasteiger partial charge is 0.494 e. The van der Waals surface area contributed by atoms with E-state index in [1.807, 2.05) is 42.6 Å².